The summed E-state index contributed by atoms with van der Waals surface area (Å²) in [6, 6.07) is 8.39. The number of rotatable bonds is 3. The van der Waals surface area contributed by atoms with Gasteiger partial charge in [0.2, 0.25) is 0 Å². The van der Waals surface area contributed by atoms with E-state index in [0.29, 0.717) is 12.2 Å². The molecule has 0 fully saturated rings. The quantitative estimate of drug-likeness (QED) is 0.807. The summed E-state index contributed by atoms with van der Waals surface area (Å²) >= 11 is 0. The molecule has 0 unspecified atom stereocenters. The second-order valence-corrected chi connectivity index (χ2v) is 6.92. The molecule has 0 aliphatic carbocycles. The average Bonchev–Trinajstić information content (AvgIpc) is 2.97. The smallest absolute Gasteiger partial charge is 0.275 e. The van der Waals surface area contributed by atoms with Crippen molar-refractivity contribution in [3.63, 3.8) is 0 Å². The van der Waals surface area contributed by atoms with Crippen LogP contribution >= 0.6 is 0 Å². The van der Waals surface area contributed by atoms with Crippen molar-refractivity contribution in [1.29, 1.82) is 0 Å². The third kappa shape index (κ3) is 2.89. The maximum atomic E-state index is 13.2. The molecule has 25 heavy (non-hydrogen) atoms. The molecule has 2 aliphatic rings. The molecule has 2 aromatic rings. The van der Waals surface area contributed by atoms with Crippen molar-refractivity contribution in [2.24, 2.45) is 7.05 Å². The van der Waals surface area contributed by atoms with Crippen LogP contribution in [0.3, 0.4) is 0 Å². The molecule has 0 spiro atoms. The first-order valence-electron chi connectivity index (χ1n) is 8.91. The summed E-state index contributed by atoms with van der Waals surface area (Å²) < 4.78 is 1.89. The molecule has 1 amide bonds. The van der Waals surface area contributed by atoms with Crippen molar-refractivity contribution < 1.29 is 4.79 Å². The van der Waals surface area contributed by atoms with Gasteiger partial charge in [-0.3, -0.25) is 14.4 Å². The van der Waals surface area contributed by atoms with Crippen LogP contribution in [0.4, 0.5) is 0 Å². The van der Waals surface area contributed by atoms with Crippen LogP contribution in [0.15, 0.2) is 36.9 Å². The van der Waals surface area contributed by atoms with Crippen LogP contribution in [0, 0.1) is 0 Å². The highest BCUT2D eigenvalue weighted by molar-refractivity contribution is 5.94. The minimum Gasteiger partial charge on any atom is -0.333 e. The predicted octanol–water partition coefficient (Wildman–Crippen LogP) is 2.16. The van der Waals surface area contributed by atoms with E-state index in [2.05, 4.69) is 34.8 Å². The summed E-state index contributed by atoms with van der Waals surface area (Å²) in [5, 5.41) is 4.59. The van der Waals surface area contributed by atoms with Crippen LogP contribution in [0.1, 0.15) is 32.9 Å². The number of aryl methyl sites for hydroxylation is 1. The number of fused-ring (bicyclic) bond motifs is 2. The highest BCUT2D eigenvalue weighted by atomic mass is 16.2. The van der Waals surface area contributed by atoms with E-state index in [9.17, 15) is 4.79 Å². The molecule has 130 valence electrons. The zero-order valence-electron chi connectivity index (χ0n) is 14.7. The zero-order chi connectivity index (χ0) is 17.4. The molecule has 3 heterocycles. The highest BCUT2D eigenvalue weighted by Gasteiger charge is 2.30. The number of aromatic nitrogens is 2. The van der Waals surface area contributed by atoms with Crippen LogP contribution in [0.2, 0.25) is 0 Å². The lowest BCUT2D eigenvalue weighted by molar-refractivity contribution is 0.0725. The fourth-order valence-corrected chi connectivity index (χ4v) is 3.98. The average molecular weight is 336 g/mol. The molecule has 1 aromatic carbocycles. The van der Waals surface area contributed by atoms with Gasteiger partial charge in [-0.25, -0.2) is 0 Å². The first-order chi connectivity index (χ1) is 12.2. The van der Waals surface area contributed by atoms with E-state index in [1.807, 2.05) is 28.8 Å². The maximum Gasteiger partial charge on any atom is 0.275 e. The molecular formula is C20H24N4O. The van der Waals surface area contributed by atoms with Gasteiger partial charge < -0.3 is 4.90 Å². The van der Waals surface area contributed by atoms with Gasteiger partial charge in [-0.2, -0.15) is 5.10 Å². The van der Waals surface area contributed by atoms with Gasteiger partial charge >= 0.3 is 0 Å². The number of carbonyl (C=O) groups is 1. The van der Waals surface area contributed by atoms with Crippen molar-refractivity contribution in [1.82, 2.24) is 19.6 Å². The Morgan fingerprint density at radius 2 is 2.00 bits per heavy atom. The molecule has 0 bridgehead atoms. The molecule has 2 aliphatic heterocycles. The molecule has 0 saturated heterocycles. The van der Waals surface area contributed by atoms with Gasteiger partial charge in [-0.05, 0) is 17.5 Å². The molecular weight excluding hydrogens is 312 g/mol. The van der Waals surface area contributed by atoms with Crippen LogP contribution in [0.5, 0.6) is 0 Å². The van der Waals surface area contributed by atoms with Crippen molar-refractivity contribution in [2.75, 3.05) is 19.6 Å². The van der Waals surface area contributed by atoms with Gasteiger partial charge in [-0.15, -0.1) is 6.58 Å². The Kier molecular flexibility index (Phi) is 4.17. The highest BCUT2D eigenvalue weighted by Crippen LogP contribution is 2.25. The zero-order valence-corrected chi connectivity index (χ0v) is 14.7. The van der Waals surface area contributed by atoms with Crippen molar-refractivity contribution in [3.05, 3.63) is 65.0 Å². The van der Waals surface area contributed by atoms with Crippen molar-refractivity contribution in [3.8, 4) is 0 Å². The SMILES string of the molecule is C=CCN1CCc2c(c(C(=O)N3CCc4ccccc4C3)nn2C)C1. The van der Waals surface area contributed by atoms with Crippen molar-refractivity contribution >= 4 is 5.91 Å². The second-order valence-electron chi connectivity index (χ2n) is 6.92. The minimum atomic E-state index is 0.0619. The Morgan fingerprint density at radius 1 is 1.20 bits per heavy atom. The van der Waals surface area contributed by atoms with Gasteiger partial charge in [0.15, 0.2) is 5.69 Å². The summed E-state index contributed by atoms with van der Waals surface area (Å²) in [5.41, 5.74) is 5.53. The fraction of sp³-hybridized carbons (Fsp3) is 0.400. The molecule has 0 saturated carbocycles. The molecule has 0 N–H and O–H groups in total. The van der Waals surface area contributed by atoms with Crippen LogP contribution < -0.4 is 0 Å². The van der Waals surface area contributed by atoms with E-state index in [1.54, 1.807) is 0 Å². The number of benzene rings is 1. The molecule has 0 atom stereocenters. The Bertz CT molecular complexity index is 823. The third-order valence-electron chi connectivity index (χ3n) is 5.33. The summed E-state index contributed by atoms with van der Waals surface area (Å²) in [6.45, 7) is 7.88. The standard InChI is InChI=1S/C20H24N4O/c1-3-10-23-11-9-18-17(14-23)19(21-22(18)2)20(25)24-12-8-15-6-4-5-7-16(15)13-24/h3-7H,1,8-14H2,2H3. The van der Waals surface area contributed by atoms with Gasteiger partial charge in [0.25, 0.3) is 5.91 Å². The lowest BCUT2D eigenvalue weighted by Crippen LogP contribution is -2.37. The largest absolute Gasteiger partial charge is 0.333 e. The Morgan fingerprint density at radius 3 is 2.80 bits per heavy atom. The van der Waals surface area contributed by atoms with Gasteiger partial charge in [0.05, 0.1) is 0 Å². The Labute approximate surface area is 148 Å². The lowest BCUT2D eigenvalue weighted by Gasteiger charge is -2.29. The monoisotopic (exact) mass is 336 g/mol. The van der Waals surface area contributed by atoms with E-state index >= 15 is 0 Å². The second kappa shape index (κ2) is 6.48. The van der Waals surface area contributed by atoms with Gasteiger partial charge in [-0.1, -0.05) is 30.3 Å². The molecule has 4 rings (SSSR count). The number of carbonyl (C=O) groups excluding carboxylic acids is 1. The predicted molar refractivity (Wildman–Crippen MR) is 97.3 cm³/mol. The Balaban J connectivity index is 1.60. The van der Waals surface area contributed by atoms with Crippen LogP contribution in [0.25, 0.3) is 0 Å². The van der Waals surface area contributed by atoms with E-state index in [-0.39, 0.29) is 5.91 Å². The first kappa shape index (κ1) is 16.1. The fourth-order valence-electron chi connectivity index (χ4n) is 3.98. The summed E-state index contributed by atoms with van der Waals surface area (Å²) in [6.07, 6.45) is 3.77. The lowest BCUT2D eigenvalue weighted by atomic mass is 9.99. The van der Waals surface area contributed by atoms with E-state index < -0.39 is 0 Å². The van der Waals surface area contributed by atoms with E-state index in [4.69, 9.17) is 0 Å². The van der Waals surface area contributed by atoms with Gasteiger partial charge in [0.1, 0.15) is 0 Å². The number of hydrogen-bond donors (Lipinski definition) is 0. The molecule has 1 aromatic heterocycles. The molecule has 5 nitrogen and oxygen atoms in total. The number of nitrogens with zero attached hydrogens (tertiary/aromatic N) is 4. The third-order valence-corrected chi connectivity index (χ3v) is 5.33. The number of hydrogen-bond acceptors (Lipinski definition) is 3. The van der Waals surface area contributed by atoms with Crippen LogP contribution in [-0.2, 0) is 33.0 Å². The minimum absolute atomic E-state index is 0.0619. The summed E-state index contributed by atoms with van der Waals surface area (Å²) in [5.74, 6) is 0.0619. The molecule has 0 radical (unpaired) electrons. The summed E-state index contributed by atoms with van der Waals surface area (Å²) in [7, 11) is 1.95. The summed E-state index contributed by atoms with van der Waals surface area (Å²) in [4.78, 5) is 17.4. The van der Waals surface area contributed by atoms with E-state index in [0.717, 1.165) is 44.6 Å². The van der Waals surface area contributed by atoms with E-state index in [1.165, 1.54) is 16.8 Å². The number of amides is 1. The molecule has 5 heteroatoms. The Hall–Kier alpha value is -2.40. The topological polar surface area (TPSA) is 41.4 Å². The first-order valence-corrected chi connectivity index (χ1v) is 8.91. The maximum absolute atomic E-state index is 13.2. The van der Waals surface area contributed by atoms with Crippen LogP contribution in [-0.4, -0.2) is 45.1 Å². The van der Waals surface area contributed by atoms with Gasteiger partial charge in [0, 0.05) is 57.4 Å². The van der Waals surface area contributed by atoms with Crippen molar-refractivity contribution in [2.45, 2.75) is 25.9 Å². The normalized spacial score (nSPS) is 17.1.